The zero-order valence-corrected chi connectivity index (χ0v) is 11.2. The summed E-state index contributed by atoms with van der Waals surface area (Å²) in [4.78, 5) is 0. The van der Waals surface area contributed by atoms with E-state index in [0.29, 0.717) is 11.7 Å². The summed E-state index contributed by atoms with van der Waals surface area (Å²) in [5, 5.41) is 17.8. The van der Waals surface area contributed by atoms with E-state index < -0.39 is 0 Å². The highest BCUT2D eigenvalue weighted by molar-refractivity contribution is 5.36. The summed E-state index contributed by atoms with van der Waals surface area (Å²) in [5.74, 6) is 1.98. The first-order chi connectivity index (χ1) is 9.35. The van der Waals surface area contributed by atoms with Crippen LogP contribution in [0.5, 0.6) is 0 Å². The van der Waals surface area contributed by atoms with Crippen molar-refractivity contribution in [1.29, 1.82) is 0 Å². The topological polar surface area (TPSA) is 50.9 Å². The quantitative estimate of drug-likeness (QED) is 0.917. The van der Waals surface area contributed by atoms with Crippen LogP contribution in [0.3, 0.4) is 0 Å². The van der Waals surface area contributed by atoms with Crippen LogP contribution in [0.2, 0.25) is 0 Å². The smallest absolute Gasteiger partial charge is 0.158 e. The lowest BCUT2D eigenvalue weighted by Gasteiger charge is -2.25. The Kier molecular flexibility index (Phi) is 3.34. The van der Waals surface area contributed by atoms with Crippen molar-refractivity contribution in [2.24, 2.45) is 0 Å². The second-order valence-corrected chi connectivity index (χ2v) is 5.02. The number of rotatable bonds is 3. The van der Waals surface area contributed by atoms with Gasteiger partial charge in [0.2, 0.25) is 0 Å². The van der Waals surface area contributed by atoms with Gasteiger partial charge in [0, 0.05) is 12.5 Å². The van der Waals surface area contributed by atoms with Crippen molar-refractivity contribution in [2.75, 3.05) is 0 Å². The second-order valence-electron chi connectivity index (χ2n) is 5.02. The molecule has 0 spiro atoms. The van der Waals surface area contributed by atoms with Gasteiger partial charge in [-0.05, 0) is 37.3 Å². The fourth-order valence-corrected chi connectivity index (χ4v) is 3.09. The molecule has 3 rings (SSSR count). The number of fused-ring (bicyclic) bond motifs is 1. The Labute approximate surface area is 113 Å². The number of hydrogen-bond donors (Lipinski definition) is 1. The molecule has 1 N–H and O–H groups in total. The lowest BCUT2D eigenvalue weighted by Crippen LogP contribution is -2.16. The van der Waals surface area contributed by atoms with Crippen molar-refractivity contribution in [3.8, 4) is 0 Å². The molecule has 1 aromatic carbocycles. The normalized spacial score (nSPS) is 18.3. The van der Waals surface area contributed by atoms with Crippen molar-refractivity contribution >= 4 is 0 Å². The summed E-state index contributed by atoms with van der Waals surface area (Å²) in [6, 6.07) is 8.61. The summed E-state index contributed by atoms with van der Waals surface area (Å²) in [6.45, 7) is 2.83. The maximum atomic E-state index is 9.33. The van der Waals surface area contributed by atoms with Crippen LogP contribution in [-0.2, 0) is 19.6 Å². The van der Waals surface area contributed by atoms with E-state index in [1.807, 2.05) is 4.57 Å². The highest BCUT2D eigenvalue weighted by Gasteiger charge is 2.26. The minimum Gasteiger partial charge on any atom is -0.388 e. The van der Waals surface area contributed by atoms with E-state index in [1.54, 1.807) is 0 Å². The third-order valence-corrected chi connectivity index (χ3v) is 3.99. The Bertz CT molecular complexity index is 577. The summed E-state index contributed by atoms with van der Waals surface area (Å²) in [6.07, 6.45) is 3.45. The van der Waals surface area contributed by atoms with Gasteiger partial charge in [-0.1, -0.05) is 24.3 Å². The monoisotopic (exact) mass is 257 g/mol. The molecule has 1 unspecified atom stereocenters. The zero-order chi connectivity index (χ0) is 13.2. The maximum Gasteiger partial charge on any atom is 0.158 e. The highest BCUT2D eigenvalue weighted by atomic mass is 16.3. The molecule has 100 valence electrons. The Morgan fingerprint density at radius 1 is 1.32 bits per heavy atom. The Balaban J connectivity index is 2.06. The van der Waals surface area contributed by atoms with Gasteiger partial charge in [0.15, 0.2) is 5.82 Å². The zero-order valence-electron chi connectivity index (χ0n) is 11.2. The summed E-state index contributed by atoms with van der Waals surface area (Å²) >= 11 is 0. The third kappa shape index (κ3) is 2.06. The number of benzene rings is 1. The van der Waals surface area contributed by atoms with Gasteiger partial charge in [0.25, 0.3) is 0 Å². The lowest BCUT2D eigenvalue weighted by atomic mass is 9.82. The summed E-state index contributed by atoms with van der Waals surface area (Å²) in [5.41, 5.74) is 2.80. The second kappa shape index (κ2) is 5.13. The number of aliphatic hydroxyl groups is 1. The fourth-order valence-electron chi connectivity index (χ4n) is 3.09. The molecular weight excluding hydrogens is 238 g/mol. The number of nitrogens with zero attached hydrogens (tertiary/aromatic N) is 3. The molecule has 1 aliphatic rings. The molecule has 1 aliphatic carbocycles. The van der Waals surface area contributed by atoms with E-state index >= 15 is 0 Å². The molecule has 1 aromatic heterocycles. The van der Waals surface area contributed by atoms with E-state index in [4.69, 9.17) is 0 Å². The predicted octanol–water partition coefficient (Wildman–Crippen LogP) is 2.26. The van der Waals surface area contributed by atoms with Crippen LogP contribution < -0.4 is 0 Å². The van der Waals surface area contributed by atoms with E-state index in [-0.39, 0.29) is 6.61 Å². The summed E-state index contributed by atoms with van der Waals surface area (Å²) in [7, 11) is 0. The fraction of sp³-hybridized carbons (Fsp3) is 0.467. The van der Waals surface area contributed by atoms with Gasteiger partial charge < -0.3 is 9.67 Å². The number of hydrogen-bond acceptors (Lipinski definition) is 3. The van der Waals surface area contributed by atoms with Crippen LogP contribution in [0.15, 0.2) is 24.3 Å². The average molecular weight is 257 g/mol. The van der Waals surface area contributed by atoms with Gasteiger partial charge in [-0.25, -0.2) is 0 Å². The van der Waals surface area contributed by atoms with E-state index in [2.05, 4.69) is 41.4 Å². The van der Waals surface area contributed by atoms with Crippen molar-refractivity contribution in [1.82, 2.24) is 14.8 Å². The van der Waals surface area contributed by atoms with Gasteiger partial charge in [-0.15, -0.1) is 10.2 Å². The van der Waals surface area contributed by atoms with E-state index in [0.717, 1.165) is 25.2 Å². The van der Waals surface area contributed by atoms with Crippen LogP contribution >= 0.6 is 0 Å². The van der Waals surface area contributed by atoms with Crippen molar-refractivity contribution < 1.29 is 5.11 Å². The first kappa shape index (κ1) is 12.4. The molecule has 1 heterocycles. The minimum absolute atomic E-state index is 0.0464. The third-order valence-electron chi connectivity index (χ3n) is 3.99. The van der Waals surface area contributed by atoms with Crippen molar-refractivity contribution in [3.05, 3.63) is 47.0 Å². The number of aryl methyl sites for hydroxylation is 1. The predicted molar refractivity (Wildman–Crippen MR) is 72.8 cm³/mol. The Morgan fingerprint density at radius 2 is 2.16 bits per heavy atom. The van der Waals surface area contributed by atoms with Crippen LogP contribution in [0.25, 0.3) is 0 Å². The van der Waals surface area contributed by atoms with Crippen LogP contribution in [-0.4, -0.2) is 19.9 Å². The highest BCUT2D eigenvalue weighted by Crippen LogP contribution is 2.35. The largest absolute Gasteiger partial charge is 0.388 e. The van der Waals surface area contributed by atoms with Crippen molar-refractivity contribution in [3.63, 3.8) is 0 Å². The van der Waals surface area contributed by atoms with Gasteiger partial charge in [-0.3, -0.25) is 0 Å². The lowest BCUT2D eigenvalue weighted by molar-refractivity contribution is 0.264. The SMILES string of the molecule is CCn1c(CO)nnc1C1CCCc2ccccc21. The molecule has 0 saturated carbocycles. The molecule has 0 fully saturated rings. The van der Waals surface area contributed by atoms with Gasteiger partial charge in [0.1, 0.15) is 12.4 Å². The molecule has 0 radical (unpaired) electrons. The molecule has 4 heteroatoms. The van der Waals surface area contributed by atoms with E-state index in [9.17, 15) is 5.11 Å². The molecule has 2 aromatic rings. The van der Waals surface area contributed by atoms with Crippen LogP contribution in [0, 0.1) is 0 Å². The minimum atomic E-state index is -0.0464. The molecule has 4 nitrogen and oxygen atoms in total. The van der Waals surface area contributed by atoms with Gasteiger partial charge in [-0.2, -0.15) is 0 Å². The molecule has 0 aliphatic heterocycles. The summed E-state index contributed by atoms with van der Waals surface area (Å²) < 4.78 is 2.05. The van der Waals surface area contributed by atoms with Crippen LogP contribution in [0.1, 0.15) is 48.5 Å². The van der Waals surface area contributed by atoms with Crippen LogP contribution in [0.4, 0.5) is 0 Å². The van der Waals surface area contributed by atoms with Gasteiger partial charge >= 0.3 is 0 Å². The number of aliphatic hydroxyl groups excluding tert-OH is 1. The first-order valence-corrected chi connectivity index (χ1v) is 6.95. The van der Waals surface area contributed by atoms with Crippen molar-refractivity contribution in [2.45, 2.75) is 45.3 Å². The molecule has 1 atom stereocenters. The standard InChI is InChI=1S/C15H19N3O/c1-2-18-14(10-19)16-17-15(18)13-9-5-7-11-6-3-4-8-12(11)13/h3-4,6,8,13,19H,2,5,7,9-10H2,1H3. The number of aromatic nitrogens is 3. The Hall–Kier alpha value is -1.68. The molecule has 19 heavy (non-hydrogen) atoms. The Morgan fingerprint density at radius 3 is 2.95 bits per heavy atom. The van der Waals surface area contributed by atoms with E-state index in [1.165, 1.54) is 17.5 Å². The molecule has 0 bridgehead atoms. The molecular formula is C15H19N3O. The first-order valence-electron chi connectivity index (χ1n) is 6.95. The van der Waals surface area contributed by atoms with Gasteiger partial charge in [0.05, 0.1) is 0 Å². The molecule has 0 saturated heterocycles. The average Bonchev–Trinajstić information content (AvgIpc) is 2.89. The molecule has 0 amide bonds. The maximum absolute atomic E-state index is 9.33.